The fourth-order valence-electron chi connectivity index (χ4n) is 3.82. The van der Waals surface area contributed by atoms with Crippen LogP contribution < -0.4 is 5.32 Å². The Bertz CT molecular complexity index is 355. The van der Waals surface area contributed by atoms with E-state index >= 15 is 0 Å². The number of carbonyl (C=O) groups is 1. The molecule has 1 saturated carbocycles. The number of likely N-dealkylation sites (tertiary alicyclic amines) is 1. The van der Waals surface area contributed by atoms with E-state index < -0.39 is 0 Å². The molecular formula is C18H34N2O. The second-order valence-corrected chi connectivity index (χ2v) is 8.50. The molecule has 1 saturated heterocycles. The number of nitrogens with zero attached hydrogens (tertiary/aromatic N) is 1. The zero-order valence-corrected chi connectivity index (χ0v) is 14.6. The Morgan fingerprint density at radius 1 is 1.19 bits per heavy atom. The van der Waals surface area contributed by atoms with E-state index in [1.807, 2.05) is 20.8 Å². The third-order valence-corrected chi connectivity index (χ3v) is 5.14. The normalized spacial score (nSPS) is 34.3. The minimum absolute atomic E-state index is 0.201. The first-order valence-corrected chi connectivity index (χ1v) is 8.84. The predicted molar refractivity (Wildman–Crippen MR) is 88.2 cm³/mol. The van der Waals surface area contributed by atoms with Crippen molar-refractivity contribution in [2.75, 3.05) is 13.1 Å². The van der Waals surface area contributed by atoms with Crippen LogP contribution in [-0.4, -0.2) is 36.0 Å². The van der Waals surface area contributed by atoms with E-state index in [9.17, 15) is 4.79 Å². The van der Waals surface area contributed by atoms with E-state index in [1.54, 1.807) is 0 Å². The van der Waals surface area contributed by atoms with Crippen molar-refractivity contribution in [3.63, 3.8) is 0 Å². The van der Waals surface area contributed by atoms with Gasteiger partial charge in [-0.1, -0.05) is 41.0 Å². The molecule has 2 atom stereocenters. The molecule has 3 nitrogen and oxygen atoms in total. The topological polar surface area (TPSA) is 32.3 Å². The largest absolute Gasteiger partial charge is 0.352 e. The number of hydrogen-bond donors (Lipinski definition) is 1. The Balaban J connectivity index is 1.94. The van der Waals surface area contributed by atoms with E-state index in [0.717, 1.165) is 30.8 Å². The van der Waals surface area contributed by atoms with Gasteiger partial charge in [0.05, 0.1) is 0 Å². The van der Waals surface area contributed by atoms with E-state index in [2.05, 4.69) is 24.1 Å². The molecule has 0 aromatic rings. The van der Waals surface area contributed by atoms with Gasteiger partial charge in [0.15, 0.2) is 0 Å². The summed E-state index contributed by atoms with van der Waals surface area (Å²) in [4.78, 5) is 14.9. The second-order valence-electron chi connectivity index (χ2n) is 8.50. The summed E-state index contributed by atoms with van der Waals surface area (Å²) < 4.78 is 0. The van der Waals surface area contributed by atoms with Crippen molar-refractivity contribution in [2.45, 2.75) is 78.8 Å². The smallest absolute Gasteiger partial charge is 0.225 e. The average molecular weight is 294 g/mol. The predicted octanol–water partition coefficient (Wildman–Crippen LogP) is 3.44. The SMILES string of the molecule is CCCC1CC(NC(=O)C(C)(C)C)CN(C2CC(C)C2)C1. The molecule has 122 valence electrons. The summed E-state index contributed by atoms with van der Waals surface area (Å²) in [6, 6.07) is 1.12. The second kappa shape index (κ2) is 6.68. The Labute approximate surface area is 130 Å². The van der Waals surface area contributed by atoms with Gasteiger partial charge in [-0.25, -0.2) is 0 Å². The van der Waals surface area contributed by atoms with E-state index in [4.69, 9.17) is 0 Å². The standard InChI is InChI=1S/C18H34N2O/c1-6-7-14-10-15(19-17(21)18(3,4)5)12-20(11-14)16-8-13(2)9-16/h13-16H,6-12H2,1-5H3,(H,19,21). The van der Waals surface area contributed by atoms with Crippen molar-refractivity contribution < 1.29 is 4.79 Å². The van der Waals surface area contributed by atoms with Gasteiger partial charge in [-0.15, -0.1) is 0 Å². The van der Waals surface area contributed by atoms with Crippen LogP contribution in [0.5, 0.6) is 0 Å². The highest BCUT2D eigenvalue weighted by molar-refractivity contribution is 5.81. The van der Waals surface area contributed by atoms with Crippen molar-refractivity contribution in [3.05, 3.63) is 0 Å². The number of piperidine rings is 1. The molecule has 0 radical (unpaired) electrons. The molecule has 1 heterocycles. The molecule has 1 N–H and O–H groups in total. The molecule has 2 fully saturated rings. The van der Waals surface area contributed by atoms with Crippen molar-refractivity contribution >= 4 is 5.91 Å². The molecular weight excluding hydrogens is 260 g/mol. The van der Waals surface area contributed by atoms with Crippen LogP contribution in [0.25, 0.3) is 0 Å². The summed E-state index contributed by atoms with van der Waals surface area (Å²) in [6.07, 6.45) is 6.40. The molecule has 21 heavy (non-hydrogen) atoms. The summed E-state index contributed by atoms with van der Waals surface area (Å²) >= 11 is 0. The van der Waals surface area contributed by atoms with Crippen LogP contribution >= 0.6 is 0 Å². The maximum Gasteiger partial charge on any atom is 0.225 e. The van der Waals surface area contributed by atoms with Gasteiger partial charge in [0.2, 0.25) is 5.91 Å². The number of rotatable bonds is 4. The molecule has 3 heteroatoms. The zero-order chi connectivity index (χ0) is 15.6. The highest BCUT2D eigenvalue weighted by atomic mass is 16.2. The molecule has 0 bridgehead atoms. The Kier molecular flexibility index (Phi) is 5.34. The molecule has 1 amide bonds. The molecule has 1 aliphatic carbocycles. The van der Waals surface area contributed by atoms with Crippen molar-refractivity contribution in [2.24, 2.45) is 17.3 Å². The first-order chi connectivity index (χ1) is 9.79. The van der Waals surface area contributed by atoms with Crippen LogP contribution in [0.4, 0.5) is 0 Å². The zero-order valence-electron chi connectivity index (χ0n) is 14.6. The van der Waals surface area contributed by atoms with Gasteiger partial charge in [0.1, 0.15) is 0 Å². The molecule has 2 aliphatic rings. The summed E-state index contributed by atoms with van der Waals surface area (Å²) in [5.74, 6) is 1.85. The van der Waals surface area contributed by atoms with E-state index in [1.165, 1.54) is 32.2 Å². The molecule has 0 spiro atoms. The lowest BCUT2D eigenvalue weighted by molar-refractivity contribution is -0.130. The Hall–Kier alpha value is -0.570. The monoisotopic (exact) mass is 294 g/mol. The third kappa shape index (κ3) is 4.45. The Morgan fingerprint density at radius 2 is 1.86 bits per heavy atom. The summed E-state index contributed by atoms with van der Waals surface area (Å²) in [7, 11) is 0. The highest BCUT2D eigenvalue weighted by Gasteiger charge is 2.37. The minimum atomic E-state index is -0.284. The van der Waals surface area contributed by atoms with Gasteiger partial charge in [0.25, 0.3) is 0 Å². The average Bonchev–Trinajstić information content (AvgIpc) is 2.34. The van der Waals surface area contributed by atoms with Gasteiger partial charge < -0.3 is 5.32 Å². The number of hydrogen-bond acceptors (Lipinski definition) is 2. The lowest BCUT2D eigenvalue weighted by atomic mass is 9.78. The summed E-state index contributed by atoms with van der Waals surface area (Å²) in [5, 5.41) is 3.31. The number of nitrogens with one attached hydrogen (secondary N) is 1. The van der Waals surface area contributed by atoms with Crippen LogP contribution in [0.1, 0.15) is 66.7 Å². The van der Waals surface area contributed by atoms with Gasteiger partial charge >= 0.3 is 0 Å². The maximum absolute atomic E-state index is 12.3. The Morgan fingerprint density at radius 3 is 2.38 bits per heavy atom. The fourth-order valence-corrected chi connectivity index (χ4v) is 3.82. The molecule has 1 aliphatic heterocycles. The van der Waals surface area contributed by atoms with Crippen molar-refractivity contribution in [1.82, 2.24) is 10.2 Å². The first-order valence-electron chi connectivity index (χ1n) is 8.84. The first kappa shape index (κ1) is 16.8. The molecule has 0 aromatic carbocycles. The van der Waals surface area contributed by atoms with Gasteiger partial charge in [-0.05, 0) is 37.5 Å². The lowest BCUT2D eigenvalue weighted by Crippen LogP contribution is -2.57. The van der Waals surface area contributed by atoms with Crippen LogP contribution in [0.3, 0.4) is 0 Å². The van der Waals surface area contributed by atoms with Crippen molar-refractivity contribution in [1.29, 1.82) is 0 Å². The minimum Gasteiger partial charge on any atom is -0.352 e. The summed E-state index contributed by atoms with van der Waals surface area (Å²) in [6.45, 7) is 12.9. The van der Waals surface area contributed by atoms with Crippen LogP contribution in [0, 0.1) is 17.3 Å². The van der Waals surface area contributed by atoms with Gasteiger partial charge in [0, 0.05) is 30.6 Å². The fraction of sp³-hybridized carbons (Fsp3) is 0.944. The molecule has 0 aromatic heterocycles. The van der Waals surface area contributed by atoms with E-state index in [0.29, 0.717) is 6.04 Å². The molecule has 2 rings (SSSR count). The number of carbonyl (C=O) groups excluding carboxylic acids is 1. The van der Waals surface area contributed by atoms with Crippen LogP contribution in [-0.2, 0) is 4.79 Å². The third-order valence-electron chi connectivity index (χ3n) is 5.14. The highest BCUT2D eigenvalue weighted by Crippen LogP contribution is 2.34. The van der Waals surface area contributed by atoms with Crippen LogP contribution in [0.15, 0.2) is 0 Å². The maximum atomic E-state index is 12.3. The van der Waals surface area contributed by atoms with Gasteiger partial charge in [-0.2, -0.15) is 0 Å². The lowest BCUT2D eigenvalue weighted by Gasteiger charge is -2.48. The quantitative estimate of drug-likeness (QED) is 0.861. The summed E-state index contributed by atoms with van der Waals surface area (Å²) in [5.41, 5.74) is -0.284. The number of amides is 1. The molecule has 2 unspecified atom stereocenters. The van der Waals surface area contributed by atoms with Crippen molar-refractivity contribution in [3.8, 4) is 0 Å². The van der Waals surface area contributed by atoms with Gasteiger partial charge in [-0.3, -0.25) is 9.69 Å². The van der Waals surface area contributed by atoms with E-state index in [-0.39, 0.29) is 11.3 Å². The van der Waals surface area contributed by atoms with Crippen LogP contribution in [0.2, 0.25) is 0 Å².